The molecule has 10 heteroatoms. The van der Waals surface area contributed by atoms with Gasteiger partial charge in [0, 0.05) is 37.9 Å². The molecule has 1 aliphatic heterocycles. The van der Waals surface area contributed by atoms with E-state index in [0.717, 1.165) is 11.1 Å². The summed E-state index contributed by atoms with van der Waals surface area (Å²) < 4.78 is 20.5. The maximum absolute atomic E-state index is 13.6. The van der Waals surface area contributed by atoms with Crippen molar-refractivity contribution in [3.63, 3.8) is 0 Å². The summed E-state index contributed by atoms with van der Waals surface area (Å²) in [6.45, 7) is 9.26. The van der Waals surface area contributed by atoms with Crippen LogP contribution in [-0.2, 0) is 16.1 Å². The molecule has 0 aliphatic carbocycles. The first-order valence-electron chi connectivity index (χ1n) is 13.3. The van der Waals surface area contributed by atoms with E-state index in [2.05, 4.69) is 15.7 Å². The molecular formula is C29H36FN5O4. The van der Waals surface area contributed by atoms with Crippen LogP contribution in [0.25, 0.3) is 10.9 Å². The molecule has 1 aromatic heterocycles. The third kappa shape index (κ3) is 6.74. The van der Waals surface area contributed by atoms with Gasteiger partial charge in [0.25, 0.3) is 5.91 Å². The van der Waals surface area contributed by atoms with Crippen LogP contribution in [-0.4, -0.2) is 64.4 Å². The van der Waals surface area contributed by atoms with Gasteiger partial charge in [-0.3, -0.25) is 14.3 Å². The minimum Gasteiger partial charge on any atom is -0.446 e. The minimum atomic E-state index is -0.785. The fourth-order valence-electron chi connectivity index (χ4n) is 4.74. The van der Waals surface area contributed by atoms with E-state index in [0.29, 0.717) is 44.4 Å². The van der Waals surface area contributed by atoms with Gasteiger partial charge in [-0.05, 0) is 36.1 Å². The largest absolute Gasteiger partial charge is 0.446 e. The second kappa shape index (κ2) is 11.8. The number of amides is 3. The van der Waals surface area contributed by atoms with Crippen molar-refractivity contribution in [3.05, 3.63) is 65.6 Å². The SMILES string of the molecule is CCNC(=O)OC1CCN(C(=O)C(NC(=O)c2nn(Cc3ccc(F)cc3)c3ccccc23)C(C)(C)C)CC1. The lowest BCUT2D eigenvalue weighted by molar-refractivity contribution is -0.137. The van der Waals surface area contributed by atoms with Gasteiger partial charge < -0.3 is 20.3 Å². The summed E-state index contributed by atoms with van der Waals surface area (Å²) in [5.41, 5.74) is 1.27. The first-order valence-corrected chi connectivity index (χ1v) is 13.3. The normalized spacial score (nSPS) is 15.2. The predicted octanol–water partition coefficient (Wildman–Crippen LogP) is 4.11. The van der Waals surface area contributed by atoms with Crippen molar-refractivity contribution in [2.24, 2.45) is 5.41 Å². The molecule has 1 aliphatic rings. The maximum atomic E-state index is 13.6. The molecule has 3 aromatic rings. The van der Waals surface area contributed by atoms with E-state index in [4.69, 9.17) is 4.74 Å². The van der Waals surface area contributed by atoms with Gasteiger partial charge in [0.15, 0.2) is 5.69 Å². The molecule has 0 saturated carbocycles. The number of fused-ring (bicyclic) bond motifs is 1. The van der Waals surface area contributed by atoms with Crippen molar-refractivity contribution in [3.8, 4) is 0 Å². The number of likely N-dealkylation sites (tertiary alicyclic amines) is 1. The summed E-state index contributed by atoms with van der Waals surface area (Å²) in [4.78, 5) is 40.7. The highest BCUT2D eigenvalue weighted by molar-refractivity contribution is 6.06. The molecule has 0 spiro atoms. The maximum Gasteiger partial charge on any atom is 0.407 e. The smallest absolute Gasteiger partial charge is 0.407 e. The van der Waals surface area contributed by atoms with Gasteiger partial charge in [-0.15, -0.1) is 0 Å². The Kier molecular flexibility index (Phi) is 8.52. The Morgan fingerprint density at radius 1 is 1.08 bits per heavy atom. The molecule has 4 rings (SSSR count). The number of hydrogen-bond donors (Lipinski definition) is 2. The van der Waals surface area contributed by atoms with E-state index >= 15 is 0 Å². The molecule has 1 unspecified atom stereocenters. The lowest BCUT2D eigenvalue weighted by atomic mass is 9.85. The molecule has 208 valence electrons. The third-order valence-corrected chi connectivity index (χ3v) is 6.86. The monoisotopic (exact) mass is 537 g/mol. The van der Waals surface area contributed by atoms with Crippen molar-refractivity contribution in [2.45, 2.75) is 59.2 Å². The molecule has 2 N–H and O–H groups in total. The number of nitrogens with zero attached hydrogens (tertiary/aromatic N) is 3. The Bertz CT molecular complexity index is 1320. The lowest BCUT2D eigenvalue weighted by Crippen LogP contribution is -2.56. The molecule has 1 saturated heterocycles. The zero-order chi connectivity index (χ0) is 28.2. The van der Waals surface area contributed by atoms with Gasteiger partial charge in [0.2, 0.25) is 5.91 Å². The van der Waals surface area contributed by atoms with E-state index in [1.54, 1.807) is 21.7 Å². The van der Waals surface area contributed by atoms with E-state index in [1.807, 2.05) is 52.0 Å². The number of para-hydroxylation sites is 1. The Labute approximate surface area is 227 Å². The standard InChI is InChI=1S/C29H36FN5O4/c1-5-31-28(38)39-21-14-16-34(17-15-21)27(37)25(29(2,3)4)32-26(36)24-22-8-6-7-9-23(22)35(33-24)18-19-10-12-20(30)13-11-19/h6-13,21,25H,5,14-18H2,1-4H3,(H,31,38)(H,32,36). The molecular weight excluding hydrogens is 501 g/mol. The molecule has 1 fully saturated rings. The third-order valence-electron chi connectivity index (χ3n) is 6.86. The second-order valence-corrected chi connectivity index (χ2v) is 10.9. The van der Waals surface area contributed by atoms with Crippen LogP contribution in [0.15, 0.2) is 48.5 Å². The highest BCUT2D eigenvalue weighted by Crippen LogP contribution is 2.25. The highest BCUT2D eigenvalue weighted by atomic mass is 19.1. The zero-order valence-corrected chi connectivity index (χ0v) is 22.9. The number of aromatic nitrogens is 2. The van der Waals surface area contributed by atoms with Crippen LogP contribution in [0.5, 0.6) is 0 Å². The average molecular weight is 538 g/mol. The fourth-order valence-corrected chi connectivity index (χ4v) is 4.74. The van der Waals surface area contributed by atoms with E-state index in [9.17, 15) is 18.8 Å². The van der Waals surface area contributed by atoms with Crippen molar-refractivity contribution in [1.29, 1.82) is 0 Å². The number of piperidine rings is 1. The van der Waals surface area contributed by atoms with Crippen LogP contribution in [0, 0.1) is 11.2 Å². The summed E-state index contributed by atoms with van der Waals surface area (Å²) in [6, 6.07) is 12.8. The summed E-state index contributed by atoms with van der Waals surface area (Å²) in [5.74, 6) is -0.935. The number of hydrogen-bond acceptors (Lipinski definition) is 5. The van der Waals surface area contributed by atoms with Crippen molar-refractivity contribution in [1.82, 2.24) is 25.3 Å². The molecule has 9 nitrogen and oxygen atoms in total. The average Bonchev–Trinajstić information content (AvgIpc) is 3.26. The zero-order valence-electron chi connectivity index (χ0n) is 22.9. The van der Waals surface area contributed by atoms with E-state index in [1.165, 1.54) is 12.1 Å². The van der Waals surface area contributed by atoms with Crippen LogP contribution in [0.2, 0.25) is 0 Å². The first kappa shape index (κ1) is 28.1. The summed E-state index contributed by atoms with van der Waals surface area (Å²) in [5, 5.41) is 10.8. The second-order valence-electron chi connectivity index (χ2n) is 10.9. The Morgan fingerprint density at radius 3 is 2.38 bits per heavy atom. The lowest BCUT2D eigenvalue weighted by Gasteiger charge is -2.38. The number of carbonyl (C=O) groups excluding carboxylic acids is 3. The molecule has 0 bridgehead atoms. The number of alkyl carbamates (subject to hydrolysis) is 1. The van der Waals surface area contributed by atoms with Gasteiger partial charge >= 0.3 is 6.09 Å². The molecule has 2 heterocycles. The van der Waals surface area contributed by atoms with Gasteiger partial charge in [-0.25, -0.2) is 9.18 Å². The number of carbonyl (C=O) groups is 3. The Hall–Kier alpha value is -3.95. The Morgan fingerprint density at radius 2 is 1.74 bits per heavy atom. The number of rotatable bonds is 7. The van der Waals surface area contributed by atoms with Crippen LogP contribution < -0.4 is 10.6 Å². The highest BCUT2D eigenvalue weighted by Gasteiger charge is 2.38. The summed E-state index contributed by atoms with van der Waals surface area (Å²) in [6.07, 6.45) is 0.367. The fraction of sp³-hybridized carbons (Fsp3) is 0.448. The van der Waals surface area contributed by atoms with Crippen molar-refractivity contribution < 1.29 is 23.5 Å². The van der Waals surface area contributed by atoms with E-state index in [-0.39, 0.29) is 23.5 Å². The van der Waals surface area contributed by atoms with Crippen molar-refractivity contribution >= 4 is 28.8 Å². The molecule has 3 amide bonds. The van der Waals surface area contributed by atoms with Crippen LogP contribution in [0.1, 0.15) is 56.6 Å². The molecule has 39 heavy (non-hydrogen) atoms. The summed E-state index contributed by atoms with van der Waals surface area (Å²) in [7, 11) is 0. The number of benzene rings is 2. The van der Waals surface area contributed by atoms with Crippen molar-refractivity contribution in [2.75, 3.05) is 19.6 Å². The quantitative estimate of drug-likeness (QED) is 0.472. The van der Waals surface area contributed by atoms with Gasteiger partial charge in [0.1, 0.15) is 18.0 Å². The Balaban J connectivity index is 1.50. The van der Waals surface area contributed by atoms with E-state index < -0.39 is 23.5 Å². The number of nitrogens with one attached hydrogen (secondary N) is 2. The topological polar surface area (TPSA) is 106 Å². The predicted molar refractivity (Wildman–Crippen MR) is 146 cm³/mol. The van der Waals surface area contributed by atoms with Gasteiger partial charge in [-0.2, -0.15) is 5.10 Å². The van der Waals surface area contributed by atoms with Crippen LogP contribution in [0.4, 0.5) is 9.18 Å². The van der Waals surface area contributed by atoms with Crippen LogP contribution >= 0.6 is 0 Å². The molecule has 0 radical (unpaired) electrons. The number of ether oxygens (including phenoxy) is 1. The molecule has 2 aromatic carbocycles. The van der Waals surface area contributed by atoms with Crippen LogP contribution in [0.3, 0.4) is 0 Å². The minimum absolute atomic E-state index is 0.178. The van der Waals surface area contributed by atoms with Gasteiger partial charge in [-0.1, -0.05) is 51.1 Å². The summed E-state index contributed by atoms with van der Waals surface area (Å²) >= 11 is 0. The molecule has 1 atom stereocenters. The van der Waals surface area contributed by atoms with Gasteiger partial charge in [0.05, 0.1) is 12.1 Å². The first-order chi connectivity index (χ1) is 18.6. The number of halogens is 1.